The lowest BCUT2D eigenvalue weighted by molar-refractivity contribution is -0.155. The van der Waals surface area contributed by atoms with Crippen LogP contribution in [-0.4, -0.2) is 11.8 Å². The lowest BCUT2D eigenvalue weighted by Crippen LogP contribution is -2.36. The lowest BCUT2D eigenvalue weighted by Gasteiger charge is -2.23. The smallest absolute Gasteiger partial charge is 0.317 e. The van der Waals surface area contributed by atoms with E-state index < -0.39 is 17.3 Å². The number of rotatable bonds is 7. The summed E-state index contributed by atoms with van der Waals surface area (Å²) in [6, 6.07) is 17.1. The highest BCUT2D eigenvalue weighted by Gasteiger charge is 2.35. The van der Waals surface area contributed by atoms with Crippen molar-refractivity contribution < 1.29 is 14.3 Å². The summed E-state index contributed by atoms with van der Waals surface area (Å²) in [6.07, 6.45) is 0.317. The predicted molar refractivity (Wildman–Crippen MR) is 102 cm³/mol. The highest BCUT2D eigenvalue weighted by atomic mass is 16.5. The first-order valence-corrected chi connectivity index (χ1v) is 8.84. The minimum Gasteiger partial charge on any atom is -0.460 e. The van der Waals surface area contributed by atoms with Crippen molar-refractivity contribution >= 4 is 11.8 Å². The minimum atomic E-state index is -0.827. The van der Waals surface area contributed by atoms with Gasteiger partial charge in [-0.2, -0.15) is 0 Å². The fourth-order valence-electron chi connectivity index (χ4n) is 2.75. The summed E-state index contributed by atoms with van der Waals surface area (Å²) in [4.78, 5) is 25.5. The van der Waals surface area contributed by atoms with Crippen LogP contribution in [0.3, 0.4) is 0 Å². The Morgan fingerprint density at radius 1 is 0.962 bits per heavy atom. The molecule has 1 atom stereocenters. The first-order valence-electron chi connectivity index (χ1n) is 8.84. The molecule has 2 aromatic carbocycles. The summed E-state index contributed by atoms with van der Waals surface area (Å²) >= 11 is 0. The molecule has 26 heavy (non-hydrogen) atoms. The summed E-state index contributed by atoms with van der Waals surface area (Å²) in [6.45, 7) is 6.05. The van der Waals surface area contributed by atoms with Crippen molar-refractivity contribution in [3.8, 4) is 0 Å². The molecular formula is C22H27NO3. The van der Waals surface area contributed by atoms with Gasteiger partial charge in [-0.05, 0) is 23.1 Å². The molecule has 0 saturated carbocycles. The maximum Gasteiger partial charge on any atom is 0.317 e. The molecule has 0 aliphatic rings. The molecule has 2 rings (SSSR count). The molecule has 0 bridgehead atoms. The standard InChI is InChI=1S/C22H27NO3/c1-22(2,3)20(24)19(13-17-10-7-11-18(12-17)14-23)21(25)26-15-16-8-5-4-6-9-16/h4-12,19H,13-15,23H2,1-3H3. The van der Waals surface area contributed by atoms with Gasteiger partial charge in [0, 0.05) is 12.0 Å². The van der Waals surface area contributed by atoms with Crippen molar-refractivity contribution in [2.75, 3.05) is 0 Å². The van der Waals surface area contributed by atoms with Gasteiger partial charge in [0.05, 0.1) is 0 Å². The van der Waals surface area contributed by atoms with Crippen LogP contribution in [0.25, 0.3) is 0 Å². The van der Waals surface area contributed by atoms with Crippen LogP contribution in [0, 0.1) is 11.3 Å². The number of carbonyl (C=O) groups is 2. The number of esters is 1. The normalized spacial score (nSPS) is 12.5. The van der Waals surface area contributed by atoms with Crippen LogP contribution in [0.4, 0.5) is 0 Å². The largest absolute Gasteiger partial charge is 0.460 e. The molecule has 0 heterocycles. The quantitative estimate of drug-likeness (QED) is 0.609. The van der Waals surface area contributed by atoms with Crippen LogP contribution in [0.2, 0.25) is 0 Å². The molecule has 0 amide bonds. The number of hydrogen-bond acceptors (Lipinski definition) is 4. The third-order valence-corrected chi connectivity index (χ3v) is 4.23. The summed E-state index contributed by atoms with van der Waals surface area (Å²) in [7, 11) is 0. The van der Waals surface area contributed by atoms with E-state index >= 15 is 0 Å². The monoisotopic (exact) mass is 353 g/mol. The average Bonchev–Trinajstić information content (AvgIpc) is 2.64. The van der Waals surface area contributed by atoms with Crippen molar-refractivity contribution in [2.24, 2.45) is 17.1 Å². The fourth-order valence-corrected chi connectivity index (χ4v) is 2.75. The Kier molecular flexibility index (Phi) is 6.70. The average molecular weight is 353 g/mol. The van der Waals surface area contributed by atoms with Crippen LogP contribution >= 0.6 is 0 Å². The number of hydrogen-bond donors (Lipinski definition) is 1. The van der Waals surface area contributed by atoms with E-state index in [0.29, 0.717) is 13.0 Å². The van der Waals surface area contributed by atoms with E-state index in [-0.39, 0.29) is 12.4 Å². The summed E-state index contributed by atoms with van der Waals surface area (Å²) < 4.78 is 5.45. The van der Waals surface area contributed by atoms with Crippen LogP contribution in [0.5, 0.6) is 0 Å². The van der Waals surface area contributed by atoms with E-state index in [1.807, 2.05) is 75.4 Å². The van der Waals surface area contributed by atoms with E-state index in [4.69, 9.17) is 10.5 Å². The Morgan fingerprint density at radius 2 is 1.58 bits per heavy atom. The number of Topliss-reactive ketones (excluding diaryl/α,β-unsaturated/α-hetero) is 1. The van der Waals surface area contributed by atoms with Gasteiger partial charge in [0.2, 0.25) is 0 Å². The molecule has 0 spiro atoms. The maximum absolute atomic E-state index is 12.9. The van der Waals surface area contributed by atoms with Gasteiger partial charge in [0.15, 0.2) is 5.78 Å². The van der Waals surface area contributed by atoms with Gasteiger partial charge < -0.3 is 10.5 Å². The SMILES string of the molecule is CC(C)(C)C(=O)C(Cc1cccc(CN)c1)C(=O)OCc1ccccc1. The Hall–Kier alpha value is -2.46. The second-order valence-corrected chi connectivity index (χ2v) is 7.49. The minimum absolute atomic E-state index is 0.117. The molecule has 0 aliphatic heterocycles. The third-order valence-electron chi connectivity index (χ3n) is 4.23. The molecule has 0 aliphatic carbocycles. The van der Waals surface area contributed by atoms with Gasteiger partial charge >= 0.3 is 5.97 Å². The van der Waals surface area contributed by atoms with Crippen molar-refractivity contribution in [2.45, 2.75) is 40.3 Å². The highest BCUT2D eigenvalue weighted by Crippen LogP contribution is 2.25. The molecule has 2 aromatic rings. The van der Waals surface area contributed by atoms with Gasteiger partial charge in [0.1, 0.15) is 12.5 Å². The van der Waals surface area contributed by atoms with Crippen molar-refractivity contribution in [3.63, 3.8) is 0 Å². The van der Waals surface area contributed by atoms with Crippen molar-refractivity contribution in [3.05, 3.63) is 71.3 Å². The summed E-state index contributed by atoms with van der Waals surface area (Å²) in [5, 5.41) is 0. The Labute approximate surface area is 155 Å². The second-order valence-electron chi connectivity index (χ2n) is 7.49. The Balaban J connectivity index is 2.17. The van der Waals surface area contributed by atoms with Crippen LogP contribution in [0.15, 0.2) is 54.6 Å². The molecular weight excluding hydrogens is 326 g/mol. The Morgan fingerprint density at radius 3 is 2.19 bits per heavy atom. The number of benzene rings is 2. The summed E-state index contributed by atoms with van der Waals surface area (Å²) in [5.41, 5.74) is 7.85. The first-order chi connectivity index (χ1) is 12.3. The zero-order chi connectivity index (χ0) is 19.2. The number of carbonyl (C=O) groups excluding carboxylic acids is 2. The molecule has 2 N–H and O–H groups in total. The van der Waals surface area contributed by atoms with Crippen molar-refractivity contribution in [1.82, 2.24) is 0 Å². The Bertz CT molecular complexity index is 747. The number of ether oxygens (including phenoxy) is 1. The molecule has 0 fully saturated rings. The topological polar surface area (TPSA) is 69.4 Å². The van der Waals surface area contributed by atoms with E-state index in [1.165, 1.54) is 0 Å². The van der Waals surface area contributed by atoms with Gasteiger partial charge in [-0.3, -0.25) is 9.59 Å². The van der Waals surface area contributed by atoms with E-state index in [9.17, 15) is 9.59 Å². The fraction of sp³-hybridized carbons (Fsp3) is 0.364. The number of ketones is 1. The van der Waals surface area contributed by atoms with E-state index in [2.05, 4.69) is 0 Å². The lowest BCUT2D eigenvalue weighted by atomic mass is 9.80. The first kappa shape index (κ1) is 19.9. The van der Waals surface area contributed by atoms with Crippen LogP contribution in [0.1, 0.15) is 37.5 Å². The van der Waals surface area contributed by atoms with E-state index in [0.717, 1.165) is 16.7 Å². The van der Waals surface area contributed by atoms with Gasteiger partial charge in [-0.25, -0.2) is 0 Å². The molecule has 138 valence electrons. The van der Waals surface area contributed by atoms with E-state index in [1.54, 1.807) is 0 Å². The molecule has 4 heteroatoms. The molecule has 0 radical (unpaired) electrons. The predicted octanol–water partition coefficient (Wildman–Crippen LogP) is 3.66. The number of nitrogens with two attached hydrogens (primary N) is 1. The van der Waals surface area contributed by atoms with Crippen LogP contribution < -0.4 is 5.73 Å². The molecule has 1 unspecified atom stereocenters. The van der Waals surface area contributed by atoms with Gasteiger partial charge in [-0.1, -0.05) is 75.4 Å². The van der Waals surface area contributed by atoms with Crippen molar-refractivity contribution in [1.29, 1.82) is 0 Å². The second kappa shape index (κ2) is 8.77. The van der Waals surface area contributed by atoms with Crippen LogP contribution in [-0.2, 0) is 33.9 Å². The zero-order valence-electron chi connectivity index (χ0n) is 15.7. The maximum atomic E-state index is 12.9. The molecule has 0 aromatic heterocycles. The summed E-state index contributed by atoms with van der Waals surface area (Å²) in [5.74, 6) is -1.42. The highest BCUT2D eigenvalue weighted by molar-refractivity contribution is 6.01. The third kappa shape index (κ3) is 5.53. The molecule has 0 saturated heterocycles. The van der Waals surface area contributed by atoms with Gasteiger partial charge in [-0.15, -0.1) is 0 Å². The molecule has 4 nitrogen and oxygen atoms in total. The zero-order valence-corrected chi connectivity index (χ0v) is 15.7. The van der Waals surface area contributed by atoms with Gasteiger partial charge in [0.25, 0.3) is 0 Å².